The Kier molecular flexibility index (Phi) is 2.73. The molecule has 3 aromatic rings. The molecule has 0 aliphatic rings. The molecule has 0 N–H and O–H groups in total. The number of furan rings is 1. The van der Waals surface area contributed by atoms with Gasteiger partial charge in [0.25, 0.3) is 0 Å². The van der Waals surface area contributed by atoms with Crippen molar-refractivity contribution in [3.63, 3.8) is 0 Å². The molecule has 0 bridgehead atoms. The first-order valence-electron chi connectivity index (χ1n) is 6.04. The molecule has 0 aliphatic carbocycles. The Morgan fingerprint density at radius 3 is 1.78 bits per heavy atom. The summed E-state index contributed by atoms with van der Waals surface area (Å²) in [6.45, 7) is 1.96. The van der Waals surface area contributed by atoms with Gasteiger partial charge in [-0.3, -0.25) is 0 Å². The lowest BCUT2D eigenvalue weighted by molar-refractivity contribution is 0.535. The van der Waals surface area contributed by atoms with Crippen LogP contribution in [0.5, 0.6) is 0 Å². The van der Waals surface area contributed by atoms with Crippen LogP contribution in [0.3, 0.4) is 0 Å². The normalized spacial score (nSPS) is 10.5. The van der Waals surface area contributed by atoms with Crippen LogP contribution in [0, 0.1) is 6.92 Å². The lowest BCUT2D eigenvalue weighted by atomic mass is 10.0. The van der Waals surface area contributed by atoms with Crippen molar-refractivity contribution >= 4 is 0 Å². The van der Waals surface area contributed by atoms with Gasteiger partial charge in [-0.1, -0.05) is 54.6 Å². The SMILES string of the molecule is Cc1cc(-c2ccc(-c3ccccc3)cc2)co1. The molecule has 88 valence electrons. The molecule has 0 saturated heterocycles. The first-order chi connectivity index (χ1) is 8.83. The highest BCUT2D eigenvalue weighted by atomic mass is 16.3. The molecule has 0 aliphatic heterocycles. The standard InChI is InChI=1S/C17H14O/c1-13-11-17(12-18-13)16-9-7-15(8-10-16)14-5-3-2-4-6-14/h2-12H,1H3. The van der Waals surface area contributed by atoms with Crippen molar-refractivity contribution in [3.05, 3.63) is 72.7 Å². The van der Waals surface area contributed by atoms with E-state index in [1.807, 2.05) is 13.0 Å². The Hall–Kier alpha value is -2.28. The maximum absolute atomic E-state index is 5.33. The van der Waals surface area contributed by atoms with E-state index >= 15 is 0 Å². The molecule has 2 aromatic carbocycles. The fourth-order valence-electron chi connectivity index (χ4n) is 2.08. The molecule has 1 aromatic heterocycles. The van der Waals surface area contributed by atoms with Crippen molar-refractivity contribution in [3.8, 4) is 22.3 Å². The van der Waals surface area contributed by atoms with Gasteiger partial charge in [0.15, 0.2) is 0 Å². The van der Waals surface area contributed by atoms with E-state index in [9.17, 15) is 0 Å². The molecule has 0 fully saturated rings. The van der Waals surface area contributed by atoms with Gasteiger partial charge >= 0.3 is 0 Å². The first-order valence-corrected chi connectivity index (χ1v) is 6.04. The van der Waals surface area contributed by atoms with Crippen LogP contribution in [0.2, 0.25) is 0 Å². The highest BCUT2D eigenvalue weighted by Gasteiger charge is 2.02. The molecule has 18 heavy (non-hydrogen) atoms. The molecular weight excluding hydrogens is 220 g/mol. The second kappa shape index (κ2) is 4.53. The van der Waals surface area contributed by atoms with E-state index in [1.54, 1.807) is 6.26 Å². The monoisotopic (exact) mass is 234 g/mol. The maximum atomic E-state index is 5.33. The van der Waals surface area contributed by atoms with Crippen molar-refractivity contribution in [2.45, 2.75) is 6.92 Å². The Balaban J connectivity index is 1.94. The lowest BCUT2D eigenvalue weighted by Crippen LogP contribution is -1.78. The summed E-state index contributed by atoms with van der Waals surface area (Å²) in [6.07, 6.45) is 1.80. The average Bonchev–Trinajstić information content (AvgIpc) is 2.87. The number of hydrogen-bond acceptors (Lipinski definition) is 1. The Morgan fingerprint density at radius 1 is 0.667 bits per heavy atom. The molecule has 0 amide bonds. The Bertz CT molecular complexity index is 633. The molecular formula is C17H14O. The molecule has 1 heterocycles. The molecule has 0 saturated carbocycles. The van der Waals surface area contributed by atoms with Gasteiger partial charge in [0, 0.05) is 5.56 Å². The topological polar surface area (TPSA) is 13.1 Å². The highest BCUT2D eigenvalue weighted by Crippen LogP contribution is 2.25. The van der Waals surface area contributed by atoms with Gasteiger partial charge in [0.1, 0.15) is 5.76 Å². The van der Waals surface area contributed by atoms with Crippen molar-refractivity contribution in [2.24, 2.45) is 0 Å². The van der Waals surface area contributed by atoms with Crippen molar-refractivity contribution in [1.29, 1.82) is 0 Å². The zero-order chi connectivity index (χ0) is 12.4. The number of aryl methyl sites for hydroxylation is 1. The van der Waals surface area contributed by atoms with Crippen LogP contribution in [0.25, 0.3) is 22.3 Å². The van der Waals surface area contributed by atoms with E-state index in [-0.39, 0.29) is 0 Å². The summed E-state index contributed by atoms with van der Waals surface area (Å²) in [5.74, 6) is 0.942. The molecule has 1 nitrogen and oxygen atoms in total. The fraction of sp³-hybridized carbons (Fsp3) is 0.0588. The third-order valence-electron chi connectivity index (χ3n) is 3.06. The minimum Gasteiger partial charge on any atom is -0.469 e. The van der Waals surface area contributed by atoms with Gasteiger partial charge in [0.05, 0.1) is 6.26 Å². The van der Waals surface area contributed by atoms with Gasteiger partial charge in [-0.15, -0.1) is 0 Å². The van der Waals surface area contributed by atoms with Gasteiger partial charge < -0.3 is 4.42 Å². The smallest absolute Gasteiger partial charge is 0.101 e. The van der Waals surface area contributed by atoms with E-state index < -0.39 is 0 Å². The predicted molar refractivity (Wildman–Crippen MR) is 74.3 cm³/mol. The van der Waals surface area contributed by atoms with Crippen LogP contribution >= 0.6 is 0 Å². The zero-order valence-electron chi connectivity index (χ0n) is 10.3. The van der Waals surface area contributed by atoms with Gasteiger partial charge in [-0.25, -0.2) is 0 Å². The second-order valence-electron chi connectivity index (χ2n) is 4.39. The Labute approximate surface area is 107 Å². The van der Waals surface area contributed by atoms with E-state index in [0.29, 0.717) is 0 Å². The molecule has 0 radical (unpaired) electrons. The minimum atomic E-state index is 0.942. The van der Waals surface area contributed by atoms with Crippen molar-refractivity contribution in [1.82, 2.24) is 0 Å². The van der Waals surface area contributed by atoms with E-state index in [0.717, 1.165) is 11.3 Å². The van der Waals surface area contributed by atoms with Crippen molar-refractivity contribution < 1.29 is 4.42 Å². The number of hydrogen-bond donors (Lipinski definition) is 0. The molecule has 0 atom stereocenters. The third kappa shape index (κ3) is 2.07. The van der Waals surface area contributed by atoms with Gasteiger partial charge in [0.2, 0.25) is 0 Å². The quantitative estimate of drug-likeness (QED) is 0.613. The molecule has 0 spiro atoms. The average molecular weight is 234 g/mol. The van der Waals surface area contributed by atoms with Crippen LogP contribution in [0.4, 0.5) is 0 Å². The second-order valence-corrected chi connectivity index (χ2v) is 4.39. The first kappa shape index (κ1) is 10.8. The summed E-state index contributed by atoms with van der Waals surface area (Å²) in [7, 11) is 0. The summed E-state index contributed by atoms with van der Waals surface area (Å²) in [5.41, 5.74) is 4.80. The zero-order valence-corrected chi connectivity index (χ0v) is 10.3. The van der Waals surface area contributed by atoms with Crippen LogP contribution in [0.15, 0.2) is 71.3 Å². The highest BCUT2D eigenvalue weighted by molar-refractivity contribution is 5.70. The maximum Gasteiger partial charge on any atom is 0.101 e. The Morgan fingerprint density at radius 2 is 1.22 bits per heavy atom. The molecule has 1 heteroatoms. The predicted octanol–water partition coefficient (Wildman–Crippen LogP) is 4.92. The minimum absolute atomic E-state index is 0.942. The summed E-state index contributed by atoms with van der Waals surface area (Å²) >= 11 is 0. The summed E-state index contributed by atoms with van der Waals surface area (Å²) in [6, 6.07) is 21.0. The van der Waals surface area contributed by atoms with E-state index in [4.69, 9.17) is 4.42 Å². The van der Waals surface area contributed by atoms with Crippen LogP contribution in [-0.4, -0.2) is 0 Å². The summed E-state index contributed by atoms with van der Waals surface area (Å²) in [4.78, 5) is 0. The third-order valence-corrected chi connectivity index (χ3v) is 3.06. The number of benzene rings is 2. The van der Waals surface area contributed by atoms with E-state index in [2.05, 4.69) is 54.6 Å². The van der Waals surface area contributed by atoms with Gasteiger partial charge in [-0.2, -0.15) is 0 Å². The summed E-state index contributed by atoms with van der Waals surface area (Å²) in [5, 5.41) is 0. The van der Waals surface area contributed by atoms with Crippen LogP contribution in [0.1, 0.15) is 5.76 Å². The van der Waals surface area contributed by atoms with E-state index in [1.165, 1.54) is 16.7 Å². The van der Waals surface area contributed by atoms with Crippen LogP contribution < -0.4 is 0 Å². The fourth-order valence-corrected chi connectivity index (χ4v) is 2.08. The summed E-state index contributed by atoms with van der Waals surface area (Å²) < 4.78 is 5.33. The van der Waals surface area contributed by atoms with Gasteiger partial charge in [-0.05, 0) is 29.7 Å². The molecule has 0 unspecified atom stereocenters. The molecule has 3 rings (SSSR count). The lowest BCUT2D eigenvalue weighted by Gasteiger charge is -2.02. The number of rotatable bonds is 2. The van der Waals surface area contributed by atoms with Crippen molar-refractivity contribution in [2.75, 3.05) is 0 Å². The van der Waals surface area contributed by atoms with Crippen LogP contribution in [-0.2, 0) is 0 Å². The largest absolute Gasteiger partial charge is 0.469 e.